The van der Waals surface area contributed by atoms with E-state index < -0.39 is 11.9 Å². The van der Waals surface area contributed by atoms with Crippen LogP contribution in [0.2, 0.25) is 0 Å². The Labute approximate surface area is 177 Å². The maximum Gasteiger partial charge on any atom is 0.429 e. The van der Waals surface area contributed by atoms with Gasteiger partial charge in [-0.3, -0.25) is 9.79 Å². The molecule has 0 unspecified atom stereocenters. The number of aliphatic imine (C=N–C) groups is 1. The van der Waals surface area contributed by atoms with Gasteiger partial charge in [0, 0.05) is 14.1 Å². The molecule has 1 amide bonds. The first-order valence-corrected chi connectivity index (χ1v) is 9.52. The molecule has 0 aliphatic heterocycles. The first-order chi connectivity index (χ1) is 14.1. The van der Waals surface area contributed by atoms with E-state index in [0.29, 0.717) is 5.69 Å². The first-order valence-electron chi connectivity index (χ1n) is 9.52. The summed E-state index contributed by atoms with van der Waals surface area (Å²) in [5, 5.41) is 2.52. The van der Waals surface area contributed by atoms with Gasteiger partial charge in [0.05, 0.1) is 5.69 Å². The maximum atomic E-state index is 11.6. The molecule has 0 atom stereocenters. The van der Waals surface area contributed by atoms with E-state index in [-0.39, 0.29) is 12.3 Å². The molecule has 0 saturated carbocycles. The highest BCUT2D eigenvalue weighted by Gasteiger charge is 2.33. The summed E-state index contributed by atoms with van der Waals surface area (Å²) in [4.78, 5) is 18.4. The number of nitrogens with one attached hydrogen (secondary N) is 1. The fourth-order valence-electron chi connectivity index (χ4n) is 2.13. The van der Waals surface area contributed by atoms with Crippen molar-refractivity contribution >= 4 is 17.2 Å². The number of rotatable bonds is 4. The average Bonchev–Trinajstić information content (AvgIpc) is 2.74. The van der Waals surface area contributed by atoms with Gasteiger partial charge in [-0.2, -0.15) is 13.2 Å². The third-order valence-electron chi connectivity index (χ3n) is 3.83. The Balaban J connectivity index is 0.000000438. The van der Waals surface area contributed by atoms with Crippen LogP contribution in [-0.2, 0) is 6.42 Å². The van der Waals surface area contributed by atoms with Crippen molar-refractivity contribution in [1.82, 2.24) is 10.3 Å². The second-order valence-electron chi connectivity index (χ2n) is 6.13. The molecule has 0 fully saturated rings. The van der Waals surface area contributed by atoms with Crippen LogP contribution in [0, 0.1) is 0 Å². The average molecular weight is 422 g/mol. The Bertz CT molecular complexity index is 816. The van der Waals surface area contributed by atoms with Crippen LogP contribution >= 0.6 is 0 Å². The van der Waals surface area contributed by atoms with Gasteiger partial charge in [-0.05, 0) is 43.0 Å². The summed E-state index contributed by atoms with van der Waals surface area (Å²) < 4.78 is 34.8. The molecular weight excluding hydrogens is 391 g/mol. The Morgan fingerprint density at radius 1 is 1.07 bits per heavy atom. The third-order valence-corrected chi connectivity index (χ3v) is 3.83. The van der Waals surface area contributed by atoms with Gasteiger partial charge in [-0.25, -0.2) is 4.98 Å². The van der Waals surface area contributed by atoms with Crippen molar-refractivity contribution in [3.63, 3.8) is 0 Å². The fraction of sp³-hybridized carbons (Fsp3) is 0.348. The Hall–Kier alpha value is -2.96. The number of benzene rings is 1. The highest BCUT2D eigenvalue weighted by Crippen LogP contribution is 2.18. The minimum atomic E-state index is -4.23. The van der Waals surface area contributed by atoms with Crippen LogP contribution < -0.4 is 5.32 Å². The number of carbonyl (C=O) groups is 1. The highest BCUT2D eigenvalue weighted by molar-refractivity contribution is 5.92. The zero-order valence-corrected chi connectivity index (χ0v) is 18.2. The zero-order valence-electron chi connectivity index (χ0n) is 18.2. The van der Waals surface area contributed by atoms with Gasteiger partial charge in [-0.1, -0.05) is 56.8 Å². The van der Waals surface area contributed by atoms with Gasteiger partial charge >= 0.3 is 6.18 Å². The van der Waals surface area contributed by atoms with Crippen LogP contribution in [0.5, 0.6) is 0 Å². The van der Waals surface area contributed by atoms with Crippen LogP contribution in [0.25, 0.3) is 5.57 Å². The molecule has 0 radical (unpaired) electrons. The normalized spacial score (nSPS) is 10.7. The lowest BCUT2D eigenvalue weighted by molar-refractivity contribution is -0.0603. The maximum absolute atomic E-state index is 11.6. The van der Waals surface area contributed by atoms with Crippen molar-refractivity contribution in [3.8, 4) is 0 Å². The number of allylic oxidation sites excluding steroid dienone is 1. The van der Waals surface area contributed by atoms with Crippen LogP contribution in [0.3, 0.4) is 0 Å². The number of aryl methyl sites for hydroxylation is 1. The number of hydrogen-bond donors (Lipinski definition) is 1. The Kier molecular flexibility index (Phi) is 12.7. The molecule has 1 heterocycles. The number of halogens is 3. The summed E-state index contributed by atoms with van der Waals surface area (Å²) in [6, 6.07) is 15.7. The van der Waals surface area contributed by atoms with E-state index in [1.54, 1.807) is 19.2 Å². The molecule has 2 rings (SSSR count). The molecule has 4 nitrogen and oxygen atoms in total. The van der Waals surface area contributed by atoms with Gasteiger partial charge in [-0.15, -0.1) is 0 Å². The van der Waals surface area contributed by atoms with Crippen molar-refractivity contribution in [2.75, 3.05) is 14.1 Å². The largest absolute Gasteiger partial charge is 0.429 e. The number of aromatic nitrogens is 1. The van der Waals surface area contributed by atoms with Gasteiger partial charge in [0.2, 0.25) is 0 Å². The number of hydrogen-bond acceptors (Lipinski definition) is 3. The van der Waals surface area contributed by atoms with E-state index in [1.807, 2.05) is 19.1 Å². The number of nitrogens with zero attached hydrogens (tertiary/aromatic N) is 2. The summed E-state index contributed by atoms with van der Waals surface area (Å²) in [5.41, 5.74) is 2.73. The standard InChI is InChI=1S/C10H12N2O.C8H10.C5H8F3N/c1-7(2)8-5-4-6-9(12-8)10(13)11-3;1-2-8-6-4-3-5-7-8;1-3-4(9-2)5(6,7)8/h4-6H,1H2,2-3H3,(H,11,13);3-7H,2H2,1H3;3H2,1-2H3. The van der Waals surface area contributed by atoms with Gasteiger partial charge in [0.25, 0.3) is 5.91 Å². The smallest absolute Gasteiger partial charge is 0.354 e. The molecule has 164 valence electrons. The van der Waals surface area contributed by atoms with Crippen LogP contribution in [0.15, 0.2) is 60.1 Å². The van der Waals surface area contributed by atoms with Crippen LogP contribution in [-0.4, -0.2) is 36.9 Å². The van der Waals surface area contributed by atoms with Gasteiger partial charge in [0.1, 0.15) is 11.4 Å². The summed E-state index contributed by atoms with van der Waals surface area (Å²) in [6.07, 6.45) is -3.15. The summed E-state index contributed by atoms with van der Waals surface area (Å²) in [7, 11) is 2.73. The van der Waals surface area contributed by atoms with Crippen molar-refractivity contribution in [1.29, 1.82) is 0 Å². The fourth-order valence-corrected chi connectivity index (χ4v) is 2.13. The van der Waals surface area contributed by atoms with E-state index in [2.05, 4.69) is 53.1 Å². The predicted octanol–water partition coefficient (Wildman–Crippen LogP) is 5.75. The van der Waals surface area contributed by atoms with E-state index >= 15 is 0 Å². The minimum Gasteiger partial charge on any atom is -0.354 e. The summed E-state index contributed by atoms with van der Waals surface area (Å²) >= 11 is 0. The number of amides is 1. The predicted molar refractivity (Wildman–Crippen MR) is 118 cm³/mol. The summed E-state index contributed by atoms with van der Waals surface area (Å²) in [5.74, 6) is -0.178. The molecule has 1 aromatic carbocycles. The molecule has 7 heteroatoms. The van der Waals surface area contributed by atoms with Crippen molar-refractivity contribution in [3.05, 3.63) is 72.1 Å². The lowest BCUT2D eigenvalue weighted by Gasteiger charge is -2.05. The van der Waals surface area contributed by atoms with E-state index in [9.17, 15) is 18.0 Å². The molecule has 1 aromatic heterocycles. The van der Waals surface area contributed by atoms with Gasteiger partial charge < -0.3 is 5.32 Å². The molecule has 30 heavy (non-hydrogen) atoms. The molecule has 0 aliphatic rings. The second-order valence-corrected chi connectivity index (χ2v) is 6.13. The molecule has 0 saturated heterocycles. The van der Waals surface area contributed by atoms with Crippen molar-refractivity contribution in [2.45, 2.75) is 39.8 Å². The molecule has 1 N–H and O–H groups in total. The van der Waals surface area contributed by atoms with Crippen molar-refractivity contribution in [2.24, 2.45) is 4.99 Å². The van der Waals surface area contributed by atoms with Crippen LogP contribution in [0.4, 0.5) is 13.2 Å². The minimum absolute atomic E-state index is 0.0556. The van der Waals surface area contributed by atoms with Crippen molar-refractivity contribution < 1.29 is 18.0 Å². The van der Waals surface area contributed by atoms with E-state index in [1.165, 1.54) is 12.5 Å². The second kappa shape index (κ2) is 14.1. The Morgan fingerprint density at radius 2 is 1.63 bits per heavy atom. The van der Waals surface area contributed by atoms with E-state index in [4.69, 9.17) is 0 Å². The summed E-state index contributed by atoms with van der Waals surface area (Å²) in [6.45, 7) is 9.20. The molecular formula is C23H30F3N3O. The topological polar surface area (TPSA) is 54.4 Å². The first kappa shape index (κ1) is 27.0. The number of carbonyl (C=O) groups excluding carboxylic acids is 1. The lowest BCUT2D eigenvalue weighted by atomic mass is 10.2. The molecule has 0 bridgehead atoms. The SMILES string of the molecule is C=C(C)c1cccc(C(=O)NC)n1.CCC(=NC)C(F)(F)F.CCc1ccccc1. The zero-order chi connectivity index (χ0) is 23.2. The molecule has 0 aliphatic carbocycles. The highest BCUT2D eigenvalue weighted by atomic mass is 19.4. The third kappa shape index (κ3) is 10.5. The number of alkyl halides is 3. The molecule has 0 spiro atoms. The van der Waals surface area contributed by atoms with Gasteiger partial charge in [0.15, 0.2) is 0 Å². The lowest BCUT2D eigenvalue weighted by Crippen LogP contribution is -2.21. The number of pyridine rings is 1. The Morgan fingerprint density at radius 3 is 1.97 bits per heavy atom. The van der Waals surface area contributed by atoms with E-state index in [0.717, 1.165) is 24.7 Å². The monoisotopic (exact) mass is 421 g/mol. The van der Waals surface area contributed by atoms with Crippen LogP contribution in [0.1, 0.15) is 48.9 Å². The quantitative estimate of drug-likeness (QED) is 0.639. The molecule has 2 aromatic rings.